The molecular formula is C10H8FeI2N2. The van der Waals surface area contributed by atoms with Crippen LogP contribution in [0, 0.1) is 0 Å². The van der Waals surface area contributed by atoms with Crippen molar-refractivity contribution in [1.82, 2.24) is 9.97 Å². The van der Waals surface area contributed by atoms with Gasteiger partial charge in [0.2, 0.25) is 0 Å². The number of pyridine rings is 2. The number of nitrogens with zero attached hydrogens (tertiary/aromatic N) is 2. The fourth-order valence-corrected chi connectivity index (χ4v) is 1.87. The molecule has 15 heavy (non-hydrogen) atoms. The number of halogens is 2. The molecule has 0 saturated heterocycles. The van der Waals surface area contributed by atoms with Crippen LogP contribution in [0.15, 0.2) is 48.8 Å². The average molecular weight is 466 g/mol. The van der Waals surface area contributed by atoms with Gasteiger partial charge in [-0.25, -0.2) is 0 Å². The first-order chi connectivity index (χ1) is 6.45. The second-order valence-corrected chi connectivity index (χ2v) is 3.78. The molecule has 0 amide bonds. The van der Waals surface area contributed by atoms with Crippen LogP contribution < -0.4 is 57.1 Å². The van der Waals surface area contributed by atoms with Crippen molar-refractivity contribution in [3.63, 3.8) is 0 Å². The Morgan fingerprint density at radius 3 is 1.53 bits per heavy atom. The van der Waals surface area contributed by atoms with Crippen molar-refractivity contribution < 1.29 is 62.9 Å². The Bertz CT molecular complexity index is 332. The second kappa shape index (κ2) is 8.43. The molecule has 2 nitrogen and oxygen atoms in total. The normalized spacial score (nSPS) is 8.53. The van der Waals surface area contributed by atoms with E-state index in [1.165, 1.54) is 0 Å². The van der Waals surface area contributed by atoms with E-state index < -0.39 is 0 Å². The van der Waals surface area contributed by atoms with Crippen LogP contribution in [-0.2, 0) is 15.0 Å². The zero-order chi connectivity index (χ0) is 8.93. The minimum atomic E-state index is 0. The molecule has 5 heteroatoms. The topological polar surface area (TPSA) is 25.8 Å². The zero-order valence-corrected chi connectivity index (χ0v) is 13.0. The Morgan fingerprint density at radius 1 is 0.733 bits per heavy atom. The van der Waals surface area contributed by atoms with Crippen LogP contribution in [0.5, 0.6) is 0 Å². The van der Waals surface area contributed by atoms with Gasteiger partial charge in [0.05, 0.1) is 0 Å². The maximum atomic E-state index is 4.23. The first kappa shape index (κ1) is 15.3. The van der Waals surface area contributed by atoms with Gasteiger partial charge in [0, 0.05) is 0 Å². The summed E-state index contributed by atoms with van der Waals surface area (Å²) >= 11 is 0.807. The van der Waals surface area contributed by atoms with E-state index in [2.05, 4.69) is 9.97 Å². The van der Waals surface area contributed by atoms with Crippen molar-refractivity contribution >= 4 is 9.18 Å². The summed E-state index contributed by atoms with van der Waals surface area (Å²) in [5.74, 6) is 0. The molecule has 0 bridgehead atoms. The molecule has 0 aliphatic carbocycles. The van der Waals surface area contributed by atoms with Gasteiger partial charge in [0.25, 0.3) is 0 Å². The van der Waals surface area contributed by atoms with Crippen molar-refractivity contribution in [2.75, 3.05) is 0 Å². The van der Waals surface area contributed by atoms with Crippen LogP contribution in [-0.4, -0.2) is 9.97 Å². The average Bonchev–Trinajstić information content (AvgIpc) is 2.21. The summed E-state index contributed by atoms with van der Waals surface area (Å²) in [5, 5.41) is 0. The predicted molar refractivity (Wildman–Crippen MR) is 47.7 cm³/mol. The van der Waals surface area contributed by atoms with Crippen molar-refractivity contribution in [1.29, 1.82) is 0 Å². The molecule has 0 N–H and O–H groups in total. The maximum absolute atomic E-state index is 4.23. The molecule has 80 valence electrons. The van der Waals surface area contributed by atoms with Crippen molar-refractivity contribution in [2.45, 2.75) is 0 Å². The fourth-order valence-electron chi connectivity index (χ4n) is 0.873. The summed E-state index contributed by atoms with van der Waals surface area (Å²) in [6.45, 7) is 0. The van der Waals surface area contributed by atoms with Gasteiger partial charge in [0.1, 0.15) is 0 Å². The Kier molecular flexibility index (Phi) is 8.59. The number of aromatic nitrogens is 2. The van der Waals surface area contributed by atoms with Gasteiger partial charge in [-0.15, -0.1) is 0 Å². The molecule has 0 aromatic carbocycles. The minimum absolute atomic E-state index is 0. The van der Waals surface area contributed by atoms with Crippen molar-refractivity contribution in [2.24, 2.45) is 0 Å². The standard InChI is InChI=1S/2C5H4N.Fe.2HI/c2*1-2-4-6-5-3-1;;;/h2*1-4H;;2*1H/q;;+2;;/p-2. The van der Waals surface area contributed by atoms with E-state index in [-0.39, 0.29) is 48.0 Å². The van der Waals surface area contributed by atoms with Crippen LogP contribution in [0.25, 0.3) is 0 Å². The molecule has 2 rings (SSSR count). The summed E-state index contributed by atoms with van der Waals surface area (Å²) in [4.78, 5) is 8.47. The summed E-state index contributed by atoms with van der Waals surface area (Å²) in [6, 6.07) is 11.8. The van der Waals surface area contributed by atoms with Crippen LogP contribution in [0.2, 0.25) is 0 Å². The summed E-state index contributed by atoms with van der Waals surface area (Å²) < 4.78 is 2.11. The van der Waals surface area contributed by atoms with Crippen LogP contribution in [0.4, 0.5) is 0 Å². The van der Waals surface area contributed by atoms with Crippen molar-refractivity contribution in [3.05, 3.63) is 48.8 Å². The molecule has 0 fully saturated rings. The zero-order valence-electron chi connectivity index (χ0n) is 7.62. The van der Waals surface area contributed by atoms with E-state index in [0.29, 0.717) is 0 Å². The molecule has 0 atom stereocenters. The van der Waals surface area contributed by atoms with E-state index in [9.17, 15) is 0 Å². The number of rotatable bonds is 2. The summed E-state index contributed by atoms with van der Waals surface area (Å²) in [6.07, 6.45) is 3.61. The quantitative estimate of drug-likeness (QED) is 0.327. The Labute approximate surface area is 129 Å². The van der Waals surface area contributed by atoms with Gasteiger partial charge in [-0.1, -0.05) is 0 Å². The van der Waals surface area contributed by atoms with Gasteiger partial charge in [-0.2, -0.15) is 0 Å². The molecule has 0 saturated carbocycles. The number of hydrogen-bond donors (Lipinski definition) is 0. The van der Waals surface area contributed by atoms with Crippen molar-refractivity contribution in [3.8, 4) is 0 Å². The molecule has 0 radical (unpaired) electrons. The summed E-state index contributed by atoms with van der Waals surface area (Å²) in [5.41, 5.74) is 0. The molecular weight excluding hydrogens is 458 g/mol. The Morgan fingerprint density at radius 2 is 1.20 bits per heavy atom. The van der Waals surface area contributed by atoms with E-state index in [0.717, 1.165) is 24.1 Å². The Balaban J connectivity index is 0.000000980. The van der Waals surface area contributed by atoms with E-state index in [4.69, 9.17) is 0 Å². The molecule has 0 aliphatic heterocycles. The van der Waals surface area contributed by atoms with Crippen LogP contribution in [0.3, 0.4) is 0 Å². The van der Waals surface area contributed by atoms with Crippen LogP contribution in [0.1, 0.15) is 0 Å². The molecule has 0 spiro atoms. The van der Waals surface area contributed by atoms with Gasteiger partial charge >= 0.3 is 82.9 Å². The third-order valence-electron chi connectivity index (χ3n) is 1.42. The second-order valence-electron chi connectivity index (χ2n) is 2.37. The fraction of sp³-hybridized carbons (Fsp3) is 0. The van der Waals surface area contributed by atoms with Gasteiger partial charge in [-0.3, -0.25) is 0 Å². The molecule has 0 aliphatic rings. The third-order valence-corrected chi connectivity index (χ3v) is 2.64. The first-order valence-electron chi connectivity index (χ1n) is 3.89. The van der Waals surface area contributed by atoms with E-state index >= 15 is 0 Å². The number of hydrogen-bond acceptors (Lipinski definition) is 2. The van der Waals surface area contributed by atoms with Gasteiger partial charge in [-0.05, 0) is 0 Å². The van der Waals surface area contributed by atoms with Gasteiger partial charge in [0.15, 0.2) is 0 Å². The predicted octanol–water partition coefficient (Wildman–Crippen LogP) is -5.48. The third kappa shape index (κ3) is 5.24. The molecule has 2 aromatic rings. The first-order valence-corrected chi connectivity index (χ1v) is 5.00. The SMILES string of the molecule is [I-].[I-].c1cc[c]([Fe+2][c]2ccccn2)nc1. The molecule has 0 unspecified atom stereocenters. The monoisotopic (exact) mass is 466 g/mol. The van der Waals surface area contributed by atoms with Gasteiger partial charge < -0.3 is 48.0 Å². The Hall–Kier alpha value is 0.279. The molecule has 2 aromatic heterocycles. The molecule has 2 heterocycles. The van der Waals surface area contributed by atoms with Crippen LogP contribution >= 0.6 is 0 Å². The summed E-state index contributed by atoms with van der Waals surface area (Å²) in [7, 11) is 0. The van der Waals surface area contributed by atoms with E-state index in [1.807, 2.05) is 36.4 Å². The van der Waals surface area contributed by atoms with E-state index in [1.54, 1.807) is 12.4 Å².